The van der Waals surface area contributed by atoms with E-state index in [0.717, 1.165) is 25.8 Å². The summed E-state index contributed by atoms with van der Waals surface area (Å²) >= 11 is 0. The predicted octanol–water partition coefficient (Wildman–Crippen LogP) is 3.32. The number of carbonyl (C=O) groups is 1. The minimum atomic E-state index is -0.000486. The van der Waals surface area contributed by atoms with Crippen molar-refractivity contribution in [3.8, 4) is 0 Å². The van der Waals surface area contributed by atoms with Crippen molar-refractivity contribution < 1.29 is 4.79 Å². The Bertz CT molecular complexity index is 414. The Morgan fingerprint density at radius 1 is 1.11 bits per heavy atom. The van der Waals surface area contributed by atoms with Crippen LogP contribution >= 0.6 is 0 Å². The highest BCUT2D eigenvalue weighted by molar-refractivity contribution is 5.51. The van der Waals surface area contributed by atoms with E-state index in [0.29, 0.717) is 5.92 Å². The van der Waals surface area contributed by atoms with Gasteiger partial charge in [0.05, 0.1) is 5.54 Å². The Morgan fingerprint density at radius 3 is 2.67 bits per heavy atom. The van der Waals surface area contributed by atoms with Crippen molar-refractivity contribution in [3.63, 3.8) is 0 Å². The fourth-order valence-electron chi connectivity index (χ4n) is 4.12. The van der Waals surface area contributed by atoms with Gasteiger partial charge in [-0.15, -0.1) is 0 Å². The average Bonchev–Trinajstić information content (AvgIpc) is 2.47. The summed E-state index contributed by atoms with van der Waals surface area (Å²) in [4.78, 5) is 13.6. The Labute approximate surface area is 109 Å². The maximum absolute atomic E-state index is 11.5. The number of rotatable bonds is 2. The normalized spacial score (nSPS) is 31.8. The molecule has 1 aliphatic carbocycles. The molecule has 2 heteroatoms. The average molecular weight is 243 g/mol. The molecule has 2 atom stereocenters. The lowest BCUT2D eigenvalue weighted by Gasteiger charge is -2.53. The number of hydrogen-bond donors (Lipinski definition) is 0. The monoisotopic (exact) mass is 243 g/mol. The molecule has 3 rings (SSSR count). The molecule has 2 fully saturated rings. The zero-order valence-corrected chi connectivity index (χ0v) is 10.8. The summed E-state index contributed by atoms with van der Waals surface area (Å²) in [5.41, 5.74) is 1.35. The molecule has 1 aliphatic heterocycles. The summed E-state index contributed by atoms with van der Waals surface area (Å²) < 4.78 is 0. The number of nitrogens with zero attached hydrogens (tertiary/aromatic N) is 1. The van der Waals surface area contributed by atoms with E-state index in [2.05, 4.69) is 35.2 Å². The summed E-state index contributed by atoms with van der Waals surface area (Å²) in [6.07, 6.45) is 8.52. The van der Waals surface area contributed by atoms with Crippen LogP contribution in [0.15, 0.2) is 30.3 Å². The van der Waals surface area contributed by atoms with Crippen LogP contribution < -0.4 is 0 Å². The fraction of sp³-hybridized carbons (Fsp3) is 0.562. The smallest absolute Gasteiger partial charge is 0.210 e. The van der Waals surface area contributed by atoms with Gasteiger partial charge in [0.2, 0.25) is 6.41 Å². The first kappa shape index (κ1) is 11.8. The molecule has 2 aliphatic rings. The molecule has 1 saturated heterocycles. The second-order valence-electron chi connectivity index (χ2n) is 5.67. The number of fused-ring (bicyclic) bond motifs is 1. The maximum Gasteiger partial charge on any atom is 0.210 e. The van der Waals surface area contributed by atoms with Crippen LogP contribution in [-0.4, -0.2) is 17.9 Å². The van der Waals surface area contributed by atoms with Gasteiger partial charge in [-0.3, -0.25) is 4.79 Å². The van der Waals surface area contributed by atoms with E-state index in [4.69, 9.17) is 0 Å². The number of amides is 1. The molecule has 0 unspecified atom stereocenters. The number of carbonyl (C=O) groups excluding carboxylic acids is 1. The largest absolute Gasteiger partial charge is 0.335 e. The van der Waals surface area contributed by atoms with Crippen LogP contribution in [0.2, 0.25) is 0 Å². The molecule has 1 aromatic carbocycles. The Morgan fingerprint density at radius 2 is 1.89 bits per heavy atom. The van der Waals surface area contributed by atoms with Crippen LogP contribution in [0.25, 0.3) is 0 Å². The molecular weight excluding hydrogens is 222 g/mol. The van der Waals surface area contributed by atoms with Crippen molar-refractivity contribution in [1.82, 2.24) is 4.90 Å². The lowest BCUT2D eigenvalue weighted by Crippen LogP contribution is -2.55. The maximum atomic E-state index is 11.5. The molecule has 1 saturated carbocycles. The number of piperidine rings is 1. The third-order valence-electron chi connectivity index (χ3n) is 4.90. The molecule has 0 aromatic heterocycles. The van der Waals surface area contributed by atoms with Crippen LogP contribution in [0.3, 0.4) is 0 Å². The van der Waals surface area contributed by atoms with Crippen LogP contribution in [0.1, 0.15) is 44.1 Å². The van der Waals surface area contributed by atoms with Gasteiger partial charge >= 0.3 is 0 Å². The first-order chi connectivity index (χ1) is 8.88. The van der Waals surface area contributed by atoms with Gasteiger partial charge < -0.3 is 4.90 Å². The number of likely N-dealkylation sites (tertiary alicyclic amines) is 1. The van der Waals surface area contributed by atoms with Gasteiger partial charge in [-0.2, -0.15) is 0 Å². The highest BCUT2D eigenvalue weighted by Gasteiger charge is 2.47. The summed E-state index contributed by atoms with van der Waals surface area (Å²) in [5.74, 6) is 0.660. The zero-order valence-electron chi connectivity index (χ0n) is 10.8. The molecule has 1 heterocycles. The third kappa shape index (κ3) is 1.66. The van der Waals surface area contributed by atoms with Gasteiger partial charge in [-0.05, 0) is 37.2 Å². The lowest BCUT2D eigenvalue weighted by molar-refractivity contribution is -0.133. The second-order valence-corrected chi connectivity index (χ2v) is 5.67. The van der Waals surface area contributed by atoms with Gasteiger partial charge in [-0.1, -0.05) is 43.2 Å². The minimum absolute atomic E-state index is 0.000486. The van der Waals surface area contributed by atoms with E-state index in [1.165, 1.54) is 31.2 Å². The van der Waals surface area contributed by atoms with Gasteiger partial charge in [0, 0.05) is 6.54 Å². The zero-order chi connectivity index (χ0) is 12.4. The molecule has 1 amide bonds. The van der Waals surface area contributed by atoms with E-state index in [9.17, 15) is 4.79 Å². The Kier molecular flexibility index (Phi) is 3.11. The first-order valence-electron chi connectivity index (χ1n) is 7.15. The van der Waals surface area contributed by atoms with Crippen molar-refractivity contribution in [2.24, 2.45) is 5.92 Å². The van der Waals surface area contributed by atoms with Gasteiger partial charge in [0.15, 0.2) is 0 Å². The van der Waals surface area contributed by atoms with Crippen molar-refractivity contribution in [3.05, 3.63) is 35.9 Å². The van der Waals surface area contributed by atoms with E-state index < -0.39 is 0 Å². The third-order valence-corrected chi connectivity index (χ3v) is 4.90. The van der Waals surface area contributed by atoms with Gasteiger partial charge in [0.1, 0.15) is 0 Å². The van der Waals surface area contributed by atoms with Crippen molar-refractivity contribution >= 4 is 6.41 Å². The molecule has 96 valence electrons. The summed E-state index contributed by atoms with van der Waals surface area (Å²) in [7, 11) is 0. The summed E-state index contributed by atoms with van der Waals surface area (Å²) in [6, 6.07) is 10.7. The highest BCUT2D eigenvalue weighted by atomic mass is 16.1. The van der Waals surface area contributed by atoms with E-state index in [-0.39, 0.29) is 5.54 Å². The van der Waals surface area contributed by atoms with Crippen LogP contribution in [0.4, 0.5) is 0 Å². The van der Waals surface area contributed by atoms with Crippen molar-refractivity contribution in [1.29, 1.82) is 0 Å². The molecule has 0 N–H and O–H groups in total. The summed E-state index contributed by atoms with van der Waals surface area (Å²) in [5, 5.41) is 0. The highest BCUT2D eigenvalue weighted by Crippen LogP contribution is 2.50. The Balaban J connectivity index is 2.07. The van der Waals surface area contributed by atoms with Crippen LogP contribution in [0, 0.1) is 5.92 Å². The number of benzene rings is 1. The molecule has 1 aromatic rings. The molecule has 2 nitrogen and oxygen atoms in total. The van der Waals surface area contributed by atoms with Crippen molar-refractivity contribution in [2.45, 2.75) is 44.1 Å². The quantitative estimate of drug-likeness (QED) is 0.730. The van der Waals surface area contributed by atoms with E-state index in [1.807, 2.05) is 0 Å². The fourth-order valence-corrected chi connectivity index (χ4v) is 4.12. The lowest BCUT2D eigenvalue weighted by atomic mass is 9.64. The van der Waals surface area contributed by atoms with Crippen molar-refractivity contribution in [2.75, 3.05) is 6.54 Å². The summed E-state index contributed by atoms with van der Waals surface area (Å²) in [6.45, 7) is 0.925. The Hall–Kier alpha value is -1.31. The van der Waals surface area contributed by atoms with E-state index in [1.54, 1.807) is 0 Å². The number of hydrogen-bond acceptors (Lipinski definition) is 1. The van der Waals surface area contributed by atoms with E-state index >= 15 is 0 Å². The molecule has 0 bridgehead atoms. The topological polar surface area (TPSA) is 20.3 Å². The molecule has 18 heavy (non-hydrogen) atoms. The van der Waals surface area contributed by atoms with Gasteiger partial charge in [-0.25, -0.2) is 0 Å². The standard InChI is InChI=1S/C16H21NO/c18-13-17-12-6-10-15-9-4-5-11-16(15,17)14-7-2-1-3-8-14/h1-3,7-8,13,15H,4-6,9-12H2/t15-,16+/m0/s1. The SMILES string of the molecule is O=CN1CCC[C@@H]2CCCC[C@@]21c1ccccc1. The second kappa shape index (κ2) is 4.75. The van der Waals surface area contributed by atoms with Crippen LogP contribution in [0.5, 0.6) is 0 Å². The molecule has 0 radical (unpaired) electrons. The minimum Gasteiger partial charge on any atom is -0.335 e. The molecule has 0 spiro atoms. The van der Waals surface area contributed by atoms with Gasteiger partial charge in [0.25, 0.3) is 0 Å². The predicted molar refractivity (Wildman–Crippen MR) is 72.1 cm³/mol. The first-order valence-corrected chi connectivity index (χ1v) is 7.15. The van der Waals surface area contributed by atoms with Crippen LogP contribution in [-0.2, 0) is 10.3 Å². The molecular formula is C16H21NO.